The van der Waals surface area contributed by atoms with Gasteiger partial charge in [0.2, 0.25) is 0 Å². The average Bonchev–Trinajstić information content (AvgIpc) is 2.90. The van der Waals surface area contributed by atoms with Crippen LogP contribution in [0.2, 0.25) is 0 Å². The van der Waals surface area contributed by atoms with Gasteiger partial charge in [0.25, 0.3) is 0 Å². The van der Waals surface area contributed by atoms with E-state index in [1.54, 1.807) is 0 Å². The van der Waals surface area contributed by atoms with Gasteiger partial charge in [-0.2, -0.15) is 0 Å². The summed E-state index contributed by atoms with van der Waals surface area (Å²) in [5.41, 5.74) is 2.06. The molecule has 1 atom stereocenters. The molecule has 2 N–H and O–H groups in total. The maximum absolute atomic E-state index is 12.0. The number of aliphatic hydroxyl groups is 2. The molecule has 0 spiro atoms. The van der Waals surface area contributed by atoms with Crippen molar-refractivity contribution in [3.8, 4) is 0 Å². The monoisotopic (exact) mass is 443 g/mol. The second-order valence-corrected chi connectivity index (χ2v) is 9.39. The van der Waals surface area contributed by atoms with E-state index in [4.69, 9.17) is 0 Å². The third kappa shape index (κ3) is 5.92. The Morgan fingerprint density at radius 3 is 1.79 bits per heavy atom. The van der Waals surface area contributed by atoms with Crippen molar-refractivity contribution in [2.24, 2.45) is 5.92 Å². The van der Waals surface area contributed by atoms with Gasteiger partial charge in [0, 0.05) is 0 Å². The summed E-state index contributed by atoms with van der Waals surface area (Å²) in [4.78, 5) is 2.54. The number of likely N-dealkylation sites (tertiary alicyclic amines) is 1. The molecule has 4 rings (SSSR count). The van der Waals surface area contributed by atoms with Crippen LogP contribution in [-0.2, 0) is 5.60 Å². The first-order chi connectivity index (χ1) is 16.2. The highest BCUT2D eigenvalue weighted by molar-refractivity contribution is 5.37. The Labute approximate surface area is 198 Å². The van der Waals surface area contributed by atoms with Gasteiger partial charge in [-0.3, -0.25) is 0 Å². The van der Waals surface area contributed by atoms with Crippen molar-refractivity contribution in [3.05, 3.63) is 108 Å². The number of unbranched alkanes of at least 4 members (excludes halogenated alkanes) is 2. The molecule has 33 heavy (non-hydrogen) atoms. The van der Waals surface area contributed by atoms with Crippen molar-refractivity contribution in [2.75, 3.05) is 19.6 Å². The highest BCUT2D eigenvalue weighted by Crippen LogP contribution is 2.41. The minimum Gasteiger partial charge on any atom is -0.388 e. The Balaban J connectivity index is 1.26. The largest absolute Gasteiger partial charge is 0.388 e. The predicted molar refractivity (Wildman–Crippen MR) is 135 cm³/mol. The van der Waals surface area contributed by atoms with Crippen LogP contribution in [-0.4, -0.2) is 34.7 Å². The maximum Gasteiger partial charge on any atom is 0.117 e. The van der Waals surface area contributed by atoms with Crippen LogP contribution in [0.25, 0.3) is 0 Å². The summed E-state index contributed by atoms with van der Waals surface area (Å²) in [7, 11) is 0. The lowest BCUT2D eigenvalue weighted by Gasteiger charge is -2.42. The smallest absolute Gasteiger partial charge is 0.117 e. The minimum absolute atomic E-state index is 0.208. The molecule has 3 aromatic carbocycles. The molecule has 3 nitrogen and oxygen atoms in total. The topological polar surface area (TPSA) is 43.7 Å². The molecular formula is C30H37NO2. The van der Waals surface area contributed by atoms with E-state index in [9.17, 15) is 10.2 Å². The number of rotatable bonds is 10. The van der Waals surface area contributed by atoms with Crippen LogP contribution in [0.1, 0.15) is 61.3 Å². The van der Waals surface area contributed by atoms with E-state index in [0.717, 1.165) is 74.8 Å². The van der Waals surface area contributed by atoms with Crippen molar-refractivity contribution < 1.29 is 10.2 Å². The molecule has 1 unspecified atom stereocenters. The molecule has 0 saturated carbocycles. The fourth-order valence-corrected chi connectivity index (χ4v) is 5.29. The van der Waals surface area contributed by atoms with E-state index >= 15 is 0 Å². The Morgan fingerprint density at radius 1 is 0.727 bits per heavy atom. The summed E-state index contributed by atoms with van der Waals surface area (Å²) in [5, 5.41) is 22.3. The van der Waals surface area contributed by atoms with Gasteiger partial charge < -0.3 is 15.1 Å². The highest BCUT2D eigenvalue weighted by Gasteiger charge is 2.41. The molecule has 0 radical (unpaired) electrons. The van der Waals surface area contributed by atoms with Crippen LogP contribution >= 0.6 is 0 Å². The van der Waals surface area contributed by atoms with E-state index in [1.165, 1.54) is 0 Å². The van der Waals surface area contributed by atoms with Crippen LogP contribution in [0, 0.1) is 5.92 Å². The molecule has 0 aromatic heterocycles. The second-order valence-electron chi connectivity index (χ2n) is 9.39. The molecule has 1 heterocycles. The maximum atomic E-state index is 12.0. The van der Waals surface area contributed by atoms with Gasteiger partial charge in [-0.15, -0.1) is 0 Å². The molecule has 0 amide bonds. The SMILES string of the molecule is OC(CCCCCN1CCC(C(O)(c2ccccc2)c2ccccc2)CC1)c1ccccc1. The fraction of sp³-hybridized carbons (Fsp3) is 0.400. The van der Waals surface area contributed by atoms with E-state index in [2.05, 4.69) is 29.2 Å². The number of hydrogen-bond acceptors (Lipinski definition) is 3. The molecule has 3 heteroatoms. The molecule has 1 fully saturated rings. The van der Waals surface area contributed by atoms with Crippen molar-refractivity contribution in [3.63, 3.8) is 0 Å². The van der Waals surface area contributed by atoms with Gasteiger partial charge >= 0.3 is 0 Å². The van der Waals surface area contributed by atoms with Crippen molar-refractivity contribution in [2.45, 2.75) is 50.2 Å². The normalized spacial score (nSPS) is 16.5. The zero-order chi connectivity index (χ0) is 22.9. The lowest BCUT2D eigenvalue weighted by molar-refractivity contribution is -0.0143. The standard InChI is InChI=1S/C30H37NO2/c32-29(25-13-5-1-6-14-25)19-11-4-12-22-31-23-20-28(21-24-31)30(33,26-15-7-2-8-16-26)27-17-9-3-10-18-27/h1-3,5-10,13-18,28-29,32-33H,4,11-12,19-24H2. The lowest BCUT2D eigenvalue weighted by Crippen LogP contribution is -2.44. The fourth-order valence-electron chi connectivity index (χ4n) is 5.29. The van der Waals surface area contributed by atoms with Gasteiger partial charge in [-0.05, 0) is 67.9 Å². The number of nitrogens with zero attached hydrogens (tertiary/aromatic N) is 1. The predicted octanol–water partition coefficient (Wildman–Crippen LogP) is 5.93. The zero-order valence-electron chi connectivity index (χ0n) is 19.5. The number of aliphatic hydroxyl groups excluding tert-OH is 1. The van der Waals surface area contributed by atoms with E-state index < -0.39 is 5.60 Å². The van der Waals surface area contributed by atoms with E-state index in [0.29, 0.717) is 0 Å². The quantitative estimate of drug-likeness (QED) is 0.382. The van der Waals surface area contributed by atoms with Crippen LogP contribution in [0.5, 0.6) is 0 Å². The first-order valence-corrected chi connectivity index (χ1v) is 12.5. The van der Waals surface area contributed by atoms with Crippen LogP contribution in [0.15, 0.2) is 91.0 Å². The van der Waals surface area contributed by atoms with Gasteiger partial charge in [-0.1, -0.05) is 104 Å². The van der Waals surface area contributed by atoms with Gasteiger partial charge in [0.15, 0.2) is 0 Å². The van der Waals surface area contributed by atoms with E-state index in [-0.39, 0.29) is 12.0 Å². The zero-order valence-corrected chi connectivity index (χ0v) is 19.5. The molecule has 1 saturated heterocycles. The summed E-state index contributed by atoms with van der Waals surface area (Å²) < 4.78 is 0. The van der Waals surface area contributed by atoms with Crippen molar-refractivity contribution in [1.29, 1.82) is 0 Å². The molecule has 0 aliphatic carbocycles. The van der Waals surface area contributed by atoms with Crippen LogP contribution < -0.4 is 0 Å². The van der Waals surface area contributed by atoms with Gasteiger partial charge in [-0.25, -0.2) is 0 Å². The number of piperidine rings is 1. The first kappa shape index (κ1) is 23.7. The highest BCUT2D eigenvalue weighted by atomic mass is 16.3. The third-order valence-electron chi connectivity index (χ3n) is 7.24. The lowest BCUT2D eigenvalue weighted by atomic mass is 9.72. The summed E-state index contributed by atoms with van der Waals surface area (Å²) >= 11 is 0. The minimum atomic E-state index is -0.942. The molecule has 1 aliphatic heterocycles. The third-order valence-corrected chi connectivity index (χ3v) is 7.24. The Bertz CT molecular complexity index is 897. The molecule has 174 valence electrons. The number of benzene rings is 3. The molecular weight excluding hydrogens is 406 g/mol. The van der Waals surface area contributed by atoms with Gasteiger partial charge in [0.1, 0.15) is 5.60 Å². The average molecular weight is 444 g/mol. The van der Waals surface area contributed by atoms with Gasteiger partial charge in [0.05, 0.1) is 6.10 Å². The second kappa shape index (κ2) is 11.6. The Kier molecular flexibility index (Phi) is 8.33. The Morgan fingerprint density at radius 2 is 1.24 bits per heavy atom. The number of hydrogen-bond donors (Lipinski definition) is 2. The van der Waals surface area contributed by atoms with Crippen molar-refractivity contribution >= 4 is 0 Å². The summed E-state index contributed by atoms with van der Waals surface area (Å²) in [6, 6.07) is 30.3. The summed E-state index contributed by atoms with van der Waals surface area (Å²) in [6.45, 7) is 3.15. The van der Waals surface area contributed by atoms with Crippen molar-refractivity contribution in [1.82, 2.24) is 4.90 Å². The summed E-state index contributed by atoms with van der Waals surface area (Å²) in [5.74, 6) is 0.208. The summed E-state index contributed by atoms with van der Waals surface area (Å²) in [6.07, 6.45) is 5.81. The molecule has 1 aliphatic rings. The Hall–Kier alpha value is -2.46. The molecule has 3 aromatic rings. The van der Waals surface area contributed by atoms with Crippen LogP contribution in [0.4, 0.5) is 0 Å². The van der Waals surface area contributed by atoms with Crippen LogP contribution in [0.3, 0.4) is 0 Å². The van der Waals surface area contributed by atoms with E-state index in [1.807, 2.05) is 66.7 Å². The molecule has 0 bridgehead atoms. The first-order valence-electron chi connectivity index (χ1n) is 12.5.